The molecule has 1 amide bonds. The van der Waals surface area contributed by atoms with Crippen molar-refractivity contribution >= 4 is 11.9 Å². The van der Waals surface area contributed by atoms with Crippen molar-refractivity contribution in [3.8, 4) is 11.3 Å². The zero-order valence-corrected chi connectivity index (χ0v) is 17.7. The maximum Gasteiger partial charge on any atom is 0.224 e. The molecule has 3 rings (SSSR count). The molecule has 1 unspecified atom stereocenters. The van der Waals surface area contributed by atoms with Gasteiger partial charge in [0.05, 0.1) is 18.4 Å². The van der Waals surface area contributed by atoms with Gasteiger partial charge in [0.1, 0.15) is 5.82 Å². The lowest BCUT2D eigenvalue weighted by molar-refractivity contribution is -0.134. The number of aromatic amines is 1. The molecule has 1 aromatic heterocycles. The van der Waals surface area contributed by atoms with E-state index in [9.17, 15) is 4.79 Å². The summed E-state index contributed by atoms with van der Waals surface area (Å²) < 4.78 is 0. The summed E-state index contributed by atoms with van der Waals surface area (Å²) in [6, 6.07) is 10.5. The molecule has 2 N–H and O–H groups in total. The number of benzene rings is 1. The molecule has 2 heterocycles. The minimum atomic E-state index is 0.223. The number of H-pyrrole nitrogens is 1. The lowest BCUT2D eigenvalue weighted by Crippen LogP contribution is -2.44. The number of rotatable bonds is 6. The van der Waals surface area contributed by atoms with Crippen LogP contribution < -0.4 is 5.32 Å². The van der Waals surface area contributed by atoms with E-state index in [2.05, 4.69) is 39.3 Å². The Balaban J connectivity index is 1.49. The molecule has 1 saturated heterocycles. The van der Waals surface area contributed by atoms with Crippen LogP contribution in [-0.4, -0.2) is 64.9 Å². The zero-order valence-electron chi connectivity index (χ0n) is 17.7. The summed E-state index contributed by atoms with van der Waals surface area (Å²) in [5.41, 5.74) is 2.11. The fraction of sp³-hybridized carbons (Fsp3) is 0.500. The molecule has 0 saturated carbocycles. The fourth-order valence-corrected chi connectivity index (χ4v) is 3.78. The molecule has 7 heteroatoms. The van der Waals surface area contributed by atoms with Gasteiger partial charge in [-0.2, -0.15) is 0 Å². The number of piperidine rings is 1. The molecule has 2 aromatic rings. The van der Waals surface area contributed by atoms with Gasteiger partial charge in [-0.25, -0.2) is 4.98 Å². The van der Waals surface area contributed by atoms with Crippen LogP contribution in [-0.2, 0) is 11.3 Å². The minimum Gasteiger partial charge on any atom is -0.356 e. The van der Waals surface area contributed by atoms with Gasteiger partial charge in [-0.1, -0.05) is 30.3 Å². The van der Waals surface area contributed by atoms with E-state index in [1.165, 1.54) is 6.42 Å². The molecule has 0 radical (unpaired) electrons. The molecular weight excluding hydrogens is 364 g/mol. The summed E-state index contributed by atoms with van der Waals surface area (Å²) >= 11 is 0. The van der Waals surface area contributed by atoms with E-state index in [1.54, 1.807) is 7.05 Å². The molecule has 1 atom stereocenters. The number of carbonyl (C=O) groups is 1. The predicted molar refractivity (Wildman–Crippen MR) is 116 cm³/mol. The van der Waals surface area contributed by atoms with Crippen LogP contribution in [0.5, 0.6) is 0 Å². The van der Waals surface area contributed by atoms with Crippen LogP contribution in [0.2, 0.25) is 0 Å². The maximum atomic E-state index is 12.5. The number of hydrogen-bond donors (Lipinski definition) is 2. The van der Waals surface area contributed by atoms with E-state index in [0.29, 0.717) is 25.6 Å². The first-order valence-corrected chi connectivity index (χ1v) is 10.4. The Kier molecular flexibility index (Phi) is 7.27. The minimum absolute atomic E-state index is 0.223. The van der Waals surface area contributed by atoms with Crippen LogP contribution in [0.4, 0.5) is 0 Å². The van der Waals surface area contributed by atoms with Gasteiger partial charge in [0.2, 0.25) is 5.91 Å². The molecular formula is C22H32N6O. The van der Waals surface area contributed by atoms with Crippen LogP contribution in [0.15, 0.2) is 41.5 Å². The predicted octanol–water partition coefficient (Wildman–Crippen LogP) is 2.88. The number of imidazole rings is 1. The van der Waals surface area contributed by atoms with E-state index in [1.807, 2.05) is 41.2 Å². The van der Waals surface area contributed by atoms with Gasteiger partial charge in [0.25, 0.3) is 0 Å². The van der Waals surface area contributed by atoms with Crippen molar-refractivity contribution in [2.24, 2.45) is 4.99 Å². The van der Waals surface area contributed by atoms with Crippen LogP contribution in [0.1, 0.15) is 38.4 Å². The summed E-state index contributed by atoms with van der Waals surface area (Å²) in [7, 11) is 3.72. The molecule has 7 nitrogen and oxygen atoms in total. The van der Waals surface area contributed by atoms with Crippen molar-refractivity contribution in [3.63, 3.8) is 0 Å². The highest BCUT2D eigenvalue weighted by atomic mass is 16.2. The number of aromatic nitrogens is 2. The molecule has 1 aromatic carbocycles. The van der Waals surface area contributed by atoms with Gasteiger partial charge in [-0.05, 0) is 31.7 Å². The highest BCUT2D eigenvalue weighted by Gasteiger charge is 2.22. The monoisotopic (exact) mass is 396 g/mol. The lowest BCUT2D eigenvalue weighted by atomic mass is 10.0. The highest BCUT2D eigenvalue weighted by Crippen LogP contribution is 2.17. The number of nitrogens with one attached hydrogen (secondary N) is 2. The number of amides is 1. The van der Waals surface area contributed by atoms with Crippen molar-refractivity contribution in [1.82, 2.24) is 25.1 Å². The second-order valence-corrected chi connectivity index (χ2v) is 7.62. The van der Waals surface area contributed by atoms with Crippen LogP contribution in [0, 0.1) is 0 Å². The lowest BCUT2D eigenvalue weighted by Gasteiger charge is -2.33. The number of hydrogen-bond acceptors (Lipinski definition) is 3. The number of aliphatic imine (C=N–C) groups is 1. The van der Waals surface area contributed by atoms with E-state index >= 15 is 0 Å². The topological polar surface area (TPSA) is 76.6 Å². The second kappa shape index (κ2) is 10.1. The molecule has 156 valence electrons. The molecule has 1 aliphatic heterocycles. The zero-order chi connectivity index (χ0) is 20.6. The average Bonchev–Trinajstić information content (AvgIpc) is 3.20. The molecule has 0 aliphatic carbocycles. The Morgan fingerprint density at radius 3 is 2.86 bits per heavy atom. The van der Waals surface area contributed by atoms with Crippen molar-refractivity contribution in [2.45, 2.75) is 45.2 Å². The van der Waals surface area contributed by atoms with Crippen molar-refractivity contribution in [2.75, 3.05) is 27.2 Å². The number of likely N-dealkylation sites (tertiary alicyclic amines) is 1. The third kappa shape index (κ3) is 5.59. The smallest absolute Gasteiger partial charge is 0.224 e. The Morgan fingerprint density at radius 2 is 2.14 bits per heavy atom. The first-order valence-electron chi connectivity index (χ1n) is 10.4. The SMILES string of the molecule is CN=C(NCCC(=O)N1CCCCC1C)N(C)Cc1ncc(-c2ccccc2)[nH]1. The van der Waals surface area contributed by atoms with Gasteiger partial charge in [-0.3, -0.25) is 9.79 Å². The van der Waals surface area contributed by atoms with Crippen LogP contribution in [0.25, 0.3) is 11.3 Å². The quantitative estimate of drug-likeness (QED) is 0.581. The van der Waals surface area contributed by atoms with Crippen molar-refractivity contribution in [3.05, 3.63) is 42.4 Å². The Bertz CT molecular complexity index is 816. The molecule has 0 spiro atoms. The van der Waals surface area contributed by atoms with Gasteiger partial charge < -0.3 is 20.1 Å². The van der Waals surface area contributed by atoms with Crippen LogP contribution >= 0.6 is 0 Å². The summed E-state index contributed by atoms with van der Waals surface area (Å²) in [5.74, 6) is 1.84. The third-order valence-electron chi connectivity index (χ3n) is 5.42. The first-order chi connectivity index (χ1) is 14.1. The molecule has 1 fully saturated rings. The highest BCUT2D eigenvalue weighted by molar-refractivity contribution is 5.81. The van der Waals surface area contributed by atoms with Crippen molar-refractivity contribution < 1.29 is 4.79 Å². The Hall–Kier alpha value is -2.83. The number of carbonyl (C=O) groups excluding carboxylic acids is 1. The first kappa shape index (κ1) is 20.9. The summed E-state index contributed by atoms with van der Waals surface area (Å²) in [6.07, 6.45) is 5.78. The summed E-state index contributed by atoms with van der Waals surface area (Å²) in [5, 5.41) is 3.30. The van der Waals surface area contributed by atoms with E-state index in [-0.39, 0.29) is 5.91 Å². The molecule has 29 heavy (non-hydrogen) atoms. The van der Waals surface area contributed by atoms with E-state index in [0.717, 1.165) is 42.4 Å². The third-order valence-corrected chi connectivity index (χ3v) is 5.42. The largest absolute Gasteiger partial charge is 0.356 e. The normalized spacial score (nSPS) is 17.3. The Labute approximate surface area is 173 Å². The summed E-state index contributed by atoms with van der Waals surface area (Å²) in [6.45, 7) is 4.21. The number of nitrogens with zero attached hydrogens (tertiary/aromatic N) is 4. The maximum absolute atomic E-state index is 12.5. The average molecular weight is 397 g/mol. The molecule has 1 aliphatic rings. The summed E-state index contributed by atoms with van der Waals surface area (Å²) in [4.78, 5) is 28.7. The number of guanidine groups is 1. The van der Waals surface area contributed by atoms with Gasteiger partial charge in [0.15, 0.2) is 5.96 Å². The van der Waals surface area contributed by atoms with Crippen molar-refractivity contribution in [1.29, 1.82) is 0 Å². The van der Waals surface area contributed by atoms with Crippen LogP contribution in [0.3, 0.4) is 0 Å². The van der Waals surface area contributed by atoms with Gasteiger partial charge in [0, 0.05) is 39.6 Å². The van der Waals surface area contributed by atoms with E-state index < -0.39 is 0 Å². The molecule has 0 bridgehead atoms. The standard InChI is InChI=1S/C22H32N6O/c1-17-9-7-8-14-28(17)21(29)12-13-24-22(23-2)27(3)16-20-25-15-19(26-20)18-10-5-4-6-11-18/h4-6,10-11,15,17H,7-9,12-14,16H2,1-3H3,(H,23,24)(H,25,26). The fourth-order valence-electron chi connectivity index (χ4n) is 3.78. The van der Waals surface area contributed by atoms with Gasteiger partial charge >= 0.3 is 0 Å². The second-order valence-electron chi connectivity index (χ2n) is 7.62. The van der Waals surface area contributed by atoms with Gasteiger partial charge in [-0.15, -0.1) is 0 Å². The van der Waals surface area contributed by atoms with E-state index in [4.69, 9.17) is 0 Å². The Morgan fingerprint density at radius 1 is 1.34 bits per heavy atom.